The summed E-state index contributed by atoms with van der Waals surface area (Å²) in [6, 6.07) is 18.3. The zero-order valence-electron chi connectivity index (χ0n) is 24.2. The Kier molecular flexibility index (Phi) is 8.47. The molecule has 2 aliphatic heterocycles. The zero-order chi connectivity index (χ0) is 31.9. The lowest BCUT2D eigenvalue weighted by molar-refractivity contribution is -0.138. The maximum atomic E-state index is 15.0. The quantitative estimate of drug-likeness (QED) is 0.266. The normalized spacial score (nSPS) is 17.0. The highest BCUT2D eigenvalue weighted by Gasteiger charge is 2.47. The number of hydrogen-bond acceptors (Lipinski definition) is 5. The van der Waals surface area contributed by atoms with Gasteiger partial charge in [0.15, 0.2) is 0 Å². The number of hydrogen-bond donors (Lipinski definition) is 1. The largest absolute Gasteiger partial charge is 0.416 e. The molecule has 4 aromatic rings. The lowest BCUT2D eigenvalue weighted by atomic mass is 9.85. The van der Waals surface area contributed by atoms with Crippen molar-refractivity contribution < 1.29 is 22.3 Å². The maximum absolute atomic E-state index is 15.0. The summed E-state index contributed by atoms with van der Waals surface area (Å²) in [6.07, 6.45) is -4.06. The van der Waals surface area contributed by atoms with Crippen molar-refractivity contribution >= 4 is 11.6 Å². The Bertz CT molecular complexity index is 1830. The first-order valence-corrected chi connectivity index (χ1v) is 15.0. The summed E-state index contributed by atoms with van der Waals surface area (Å²) in [5.41, 5.74) is 4.00. The molecule has 45 heavy (non-hydrogen) atoms. The van der Waals surface area contributed by atoms with Crippen molar-refractivity contribution in [2.24, 2.45) is 5.73 Å². The van der Waals surface area contributed by atoms with Crippen LogP contribution in [-0.4, -0.2) is 27.1 Å². The predicted molar refractivity (Wildman–Crippen MR) is 161 cm³/mol. The van der Waals surface area contributed by atoms with E-state index >= 15 is 4.39 Å². The molecule has 0 radical (unpaired) electrons. The molecule has 7 nitrogen and oxygen atoms in total. The smallest absolute Gasteiger partial charge is 0.364 e. The lowest BCUT2D eigenvalue weighted by Crippen LogP contribution is -2.49. The van der Waals surface area contributed by atoms with E-state index in [-0.39, 0.29) is 24.4 Å². The van der Waals surface area contributed by atoms with Crippen molar-refractivity contribution in [2.75, 3.05) is 13.1 Å². The number of fused-ring (bicyclic) bond motifs is 2. The summed E-state index contributed by atoms with van der Waals surface area (Å²) >= 11 is 6.37. The minimum absolute atomic E-state index is 0.158. The number of ether oxygens (including phenoxy) is 1. The van der Waals surface area contributed by atoms with E-state index in [4.69, 9.17) is 22.1 Å². The van der Waals surface area contributed by atoms with Crippen molar-refractivity contribution in [1.29, 1.82) is 0 Å². The fourth-order valence-electron chi connectivity index (χ4n) is 6.43. The van der Waals surface area contributed by atoms with Crippen LogP contribution in [0.5, 0.6) is 0 Å². The SMILES string of the molecule is N[C@@H](Cn1c(=O)c2c(n(Cc3c(F)cccc3C(F)(F)F)c1=O)COC21CCN(Cc2ccccc2Cl)CC1)c1ccccc1. The van der Waals surface area contributed by atoms with Gasteiger partial charge in [0.1, 0.15) is 11.4 Å². The second-order valence-corrected chi connectivity index (χ2v) is 11.9. The van der Waals surface area contributed by atoms with Crippen molar-refractivity contribution in [3.8, 4) is 0 Å². The van der Waals surface area contributed by atoms with Crippen LogP contribution in [0.25, 0.3) is 0 Å². The average molecular weight is 643 g/mol. The Hall–Kier alpha value is -3.77. The predicted octanol–water partition coefficient (Wildman–Crippen LogP) is 5.59. The van der Waals surface area contributed by atoms with Gasteiger partial charge >= 0.3 is 11.9 Å². The summed E-state index contributed by atoms with van der Waals surface area (Å²) < 4.78 is 65.1. The zero-order valence-corrected chi connectivity index (χ0v) is 25.0. The molecule has 0 saturated carbocycles. The molecule has 236 valence electrons. The van der Waals surface area contributed by atoms with Crippen LogP contribution in [0.2, 0.25) is 5.02 Å². The number of likely N-dealkylation sites (tertiary alicyclic amines) is 1. The fourth-order valence-corrected chi connectivity index (χ4v) is 6.63. The first kappa shape index (κ1) is 31.2. The van der Waals surface area contributed by atoms with Gasteiger partial charge in [-0.2, -0.15) is 13.2 Å². The number of piperidine rings is 1. The van der Waals surface area contributed by atoms with Gasteiger partial charge in [-0.3, -0.25) is 18.8 Å². The van der Waals surface area contributed by atoms with Gasteiger partial charge in [0, 0.05) is 36.3 Å². The Morgan fingerprint density at radius 2 is 1.60 bits per heavy atom. The van der Waals surface area contributed by atoms with E-state index in [1.165, 1.54) is 0 Å². The second-order valence-electron chi connectivity index (χ2n) is 11.5. The molecule has 0 unspecified atom stereocenters. The van der Waals surface area contributed by atoms with Crippen LogP contribution < -0.4 is 17.0 Å². The number of benzene rings is 3. The lowest BCUT2D eigenvalue weighted by Gasteiger charge is -2.39. The summed E-state index contributed by atoms with van der Waals surface area (Å²) in [5, 5.41) is 0.647. The van der Waals surface area contributed by atoms with Crippen molar-refractivity contribution in [1.82, 2.24) is 14.0 Å². The molecule has 2 N–H and O–H groups in total. The molecular weight excluding hydrogens is 612 g/mol. The summed E-state index contributed by atoms with van der Waals surface area (Å²) in [4.78, 5) is 30.3. The van der Waals surface area contributed by atoms with E-state index in [9.17, 15) is 22.8 Å². The summed E-state index contributed by atoms with van der Waals surface area (Å²) in [7, 11) is 0. The van der Waals surface area contributed by atoms with Crippen LogP contribution in [0.4, 0.5) is 17.6 Å². The third-order valence-electron chi connectivity index (χ3n) is 8.84. The second kappa shape index (κ2) is 12.2. The first-order valence-electron chi connectivity index (χ1n) is 14.6. The minimum atomic E-state index is -4.86. The molecule has 1 fully saturated rings. The van der Waals surface area contributed by atoms with E-state index in [0.29, 0.717) is 43.1 Å². The Morgan fingerprint density at radius 3 is 2.29 bits per heavy atom. The molecule has 1 spiro atoms. The highest BCUT2D eigenvalue weighted by atomic mass is 35.5. The molecule has 1 aromatic heterocycles. The maximum Gasteiger partial charge on any atom is 0.416 e. The Balaban J connectivity index is 1.42. The fraction of sp³-hybridized carbons (Fsp3) is 0.333. The van der Waals surface area contributed by atoms with Crippen molar-refractivity contribution in [3.05, 3.63) is 138 Å². The van der Waals surface area contributed by atoms with Crippen LogP contribution in [0, 0.1) is 5.82 Å². The first-order chi connectivity index (χ1) is 21.5. The average Bonchev–Trinajstić information content (AvgIpc) is 3.38. The van der Waals surface area contributed by atoms with E-state index in [1.807, 2.05) is 24.3 Å². The van der Waals surface area contributed by atoms with E-state index in [0.717, 1.165) is 32.9 Å². The molecule has 1 saturated heterocycles. The Labute approximate surface area is 261 Å². The van der Waals surface area contributed by atoms with Gasteiger partial charge < -0.3 is 10.5 Å². The standard InChI is InChI=1S/C33H31ClF4N4O3/c34-25-11-5-4-9-22(25)17-40-15-13-32(14-16-40)29-28(20-45-32)41(18-23-24(33(36,37)38)10-6-12-26(23)35)31(44)42(30(29)43)19-27(39)21-7-2-1-3-8-21/h1-12,27H,13-20,39H2/t27-/m0/s1. The van der Waals surface area contributed by atoms with Gasteiger partial charge in [-0.15, -0.1) is 0 Å². The van der Waals surface area contributed by atoms with Crippen LogP contribution >= 0.6 is 11.6 Å². The molecule has 0 amide bonds. The summed E-state index contributed by atoms with van der Waals surface area (Å²) in [6.45, 7) is 0.531. The highest BCUT2D eigenvalue weighted by Crippen LogP contribution is 2.43. The van der Waals surface area contributed by atoms with E-state index in [1.54, 1.807) is 30.3 Å². The third-order valence-corrected chi connectivity index (χ3v) is 9.21. The van der Waals surface area contributed by atoms with E-state index in [2.05, 4.69) is 4.90 Å². The third kappa shape index (κ3) is 5.97. The molecule has 0 bridgehead atoms. The molecule has 12 heteroatoms. The van der Waals surface area contributed by atoms with Gasteiger partial charge in [0.05, 0.1) is 36.5 Å². The van der Waals surface area contributed by atoms with Crippen LogP contribution in [0.3, 0.4) is 0 Å². The molecule has 0 aliphatic carbocycles. The van der Waals surface area contributed by atoms with Crippen molar-refractivity contribution in [2.45, 2.75) is 56.9 Å². The van der Waals surface area contributed by atoms with Gasteiger partial charge in [-0.25, -0.2) is 9.18 Å². The molecule has 3 aromatic carbocycles. The van der Waals surface area contributed by atoms with Crippen LogP contribution in [0.15, 0.2) is 82.4 Å². The van der Waals surface area contributed by atoms with Gasteiger partial charge in [0.2, 0.25) is 0 Å². The highest BCUT2D eigenvalue weighted by molar-refractivity contribution is 6.31. The molecule has 1 atom stereocenters. The number of nitrogens with zero attached hydrogens (tertiary/aromatic N) is 3. The van der Waals surface area contributed by atoms with E-state index < -0.39 is 52.6 Å². The van der Waals surface area contributed by atoms with Crippen molar-refractivity contribution in [3.63, 3.8) is 0 Å². The molecule has 3 heterocycles. The number of aromatic nitrogens is 2. The van der Waals surface area contributed by atoms with Crippen LogP contribution in [0.1, 0.15) is 52.4 Å². The monoisotopic (exact) mass is 642 g/mol. The van der Waals surface area contributed by atoms with Gasteiger partial charge in [0.25, 0.3) is 5.56 Å². The minimum Gasteiger partial charge on any atom is -0.364 e. The van der Waals surface area contributed by atoms with Crippen LogP contribution in [-0.2, 0) is 42.8 Å². The Morgan fingerprint density at radius 1 is 0.911 bits per heavy atom. The topological polar surface area (TPSA) is 82.5 Å². The van der Waals surface area contributed by atoms with Gasteiger partial charge in [-0.1, -0.05) is 66.2 Å². The molecule has 6 rings (SSSR count). The molecular formula is C33H31ClF4N4O3. The number of halogens is 5. The molecule has 2 aliphatic rings. The summed E-state index contributed by atoms with van der Waals surface area (Å²) in [5.74, 6) is -1.11. The number of alkyl halides is 3. The number of nitrogens with two attached hydrogens (primary N) is 1. The number of rotatable bonds is 7. The van der Waals surface area contributed by atoms with Gasteiger partial charge in [-0.05, 0) is 42.2 Å².